The minimum absolute atomic E-state index is 0.484. The van der Waals surface area contributed by atoms with Crippen molar-refractivity contribution < 1.29 is 0 Å². The molecule has 0 aliphatic heterocycles. The second-order valence-corrected chi connectivity index (χ2v) is 7.00. The molecule has 0 bridgehead atoms. The molecule has 96 valence electrons. The Morgan fingerprint density at radius 2 is 1.88 bits per heavy atom. The summed E-state index contributed by atoms with van der Waals surface area (Å²) in [5.74, 6) is 1.85. The van der Waals surface area contributed by atoms with E-state index in [4.69, 9.17) is 0 Å². The lowest BCUT2D eigenvalue weighted by Crippen LogP contribution is -2.33. The molecule has 1 aliphatic carbocycles. The molecule has 2 atom stereocenters. The van der Waals surface area contributed by atoms with Crippen molar-refractivity contribution in [2.24, 2.45) is 17.3 Å². The molecule has 0 saturated heterocycles. The maximum absolute atomic E-state index is 3.75. The second-order valence-electron chi connectivity index (χ2n) is 7.00. The van der Waals surface area contributed by atoms with E-state index in [1.807, 2.05) is 0 Å². The highest BCUT2D eigenvalue weighted by Gasteiger charge is 2.32. The van der Waals surface area contributed by atoms with Gasteiger partial charge in [0.1, 0.15) is 0 Å². The van der Waals surface area contributed by atoms with Crippen LogP contribution in [0.2, 0.25) is 0 Å². The Kier molecular flexibility index (Phi) is 5.30. The van der Waals surface area contributed by atoms with Crippen molar-refractivity contribution in [1.29, 1.82) is 0 Å². The van der Waals surface area contributed by atoms with Crippen LogP contribution in [-0.2, 0) is 0 Å². The van der Waals surface area contributed by atoms with Crippen LogP contribution in [0, 0.1) is 17.3 Å². The fraction of sp³-hybridized carbons (Fsp3) is 1.00. The van der Waals surface area contributed by atoms with Gasteiger partial charge in [0, 0.05) is 6.04 Å². The van der Waals surface area contributed by atoms with Gasteiger partial charge in [-0.15, -0.1) is 0 Å². The lowest BCUT2D eigenvalue weighted by Gasteiger charge is -2.27. The summed E-state index contributed by atoms with van der Waals surface area (Å²) in [6.07, 6.45) is 6.91. The highest BCUT2D eigenvalue weighted by Crippen LogP contribution is 2.37. The fourth-order valence-electron chi connectivity index (χ4n) is 2.83. The second kappa shape index (κ2) is 6.05. The first-order chi connectivity index (χ1) is 7.42. The lowest BCUT2D eigenvalue weighted by atomic mass is 9.82. The van der Waals surface area contributed by atoms with Crippen molar-refractivity contribution >= 4 is 0 Å². The van der Waals surface area contributed by atoms with Gasteiger partial charge in [-0.25, -0.2) is 0 Å². The molecule has 16 heavy (non-hydrogen) atoms. The quantitative estimate of drug-likeness (QED) is 0.684. The number of nitrogens with one attached hydrogen (secondary N) is 1. The van der Waals surface area contributed by atoms with Gasteiger partial charge in [-0.05, 0) is 55.9 Å². The van der Waals surface area contributed by atoms with Crippen LogP contribution < -0.4 is 5.32 Å². The maximum atomic E-state index is 3.75. The molecule has 0 aromatic heterocycles. The summed E-state index contributed by atoms with van der Waals surface area (Å²) in [5.41, 5.74) is 0.484. The zero-order valence-corrected chi connectivity index (χ0v) is 12.0. The standard InChI is InChI=1S/C15H31N/c1-6-9-16-14(13-7-8-13)10-12(2)11-15(3,4)5/h12-14,16H,6-11H2,1-5H3. The summed E-state index contributed by atoms with van der Waals surface area (Å²) >= 11 is 0. The average molecular weight is 225 g/mol. The van der Waals surface area contributed by atoms with Crippen molar-refractivity contribution in [3.05, 3.63) is 0 Å². The monoisotopic (exact) mass is 225 g/mol. The van der Waals surface area contributed by atoms with Crippen LogP contribution >= 0.6 is 0 Å². The molecule has 0 heterocycles. The van der Waals surface area contributed by atoms with Crippen LogP contribution in [0.5, 0.6) is 0 Å². The zero-order valence-electron chi connectivity index (χ0n) is 12.0. The van der Waals surface area contributed by atoms with E-state index in [9.17, 15) is 0 Å². The van der Waals surface area contributed by atoms with Gasteiger partial charge in [0.2, 0.25) is 0 Å². The normalized spacial score (nSPS) is 20.8. The van der Waals surface area contributed by atoms with Gasteiger partial charge in [0.15, 0.2) is 0 Å². The molecule has 1 aliphatic rings. The Morgan fingerprint density at radius 1 is 1.25 bits per heavy atom. The molecule has 2 unspecified atom stereocenters. The van der Waals surface area contributed by atoms with Gasteiger partial charge < -0.3 is 5.32 Å². The van der Waals surface area contributed by atoms with E-state index in [1.165, 1.54) is 38.6 Å². The molecule has 1 rings (SSSR count). The van der Waals surface area contributed by atoms with Crippen molar-refractivity contribution in [3.63, 3.8) is 0 Å². The average Bonchev–Trinajstić information content (AvgIpc) is 2.91. The molecule has 1 fully saturated rings. The summed E-state index contributed by atoms with van der Waals surface area (Å²) < 4.78 is 0. The van der Waals surface area contributed by atoms with Gasteiger partial charge in [-0.3, -0.25) is 0 Å². The lowest BCUT2D eigenvalue weighted by molar-refractivity contribution is 0.266. The smallest absolute Gasteiger partial charge is 0.00978 e. The summed E-state index contributed by atoms with van der Waals surface area (Å²) in [6, 6.07) is 0.803. The first-order valence-electron chi connectivity index (χ1n) is 7.15. The molecule has 1 heteroatoms. The predicted octanol–water partition coefficient (Wildman–Crippen LogP) is 4.23. The van der Waals surface area contributed by atoms with E-state index in [0.29, 0.717) is 5.41 Å². The third-order valence-corrected chi connectivity index (χ3v) is 3.46. The molecule has 1 N–H and O–H groups in total. The number of rotatable bonds is 7. The van der Waals surface area contributed by atoms with Crippen LogP contribution in [0.25, 0.3) is 0 Å². The van der Waals surface area contributed by atoms with Gasteiger partial charge in [0.25, 0.3) is 0 Å². The van der Waals surface area contributed by atoms with Gasteiger partial charge >= 0.3 is 0 Å². The topological polar surface area (TPSA) is 12.0 Å². The number of hydrogen-bond donors (Lipinski definition) is 1. The molecule has 1 nitrogen and oxygen atoms in total. The molecular weight excluding hydrogens is 194 g/mol. The van der Waals surface area contributed by atoms with E-state index in [-0.39, 0.29) is 0 Å². The van der Waals surface area contributed by atoms with Gasteiger partial charge in [-0.2, -0.15) is 0 Å². The van der Waals surface area contributed by atoms with Crippen LogP contribution in [0.3, 0.4) is 0 Å². The van der Waals surface area contributed by atoms with E-state index in [2.05, 4.69) is 39.9 Å². The Balaban J connectivity index is 2.30. The van der Waals surface area contributed by atoms with Crippen molar-refractivity contribution in [2.45, 2.75) is 72.8 Å². The Hall–Kier alpha value is -0.0400. The van der Waals surface area contributed by atoms with Crippen molar-refractivity contribution in [2.75, 3.05) is 6.54 Å². The minimum Gasteiger partial charge on any atom is -0.314 e. The summed E-state index contributed by atoms with van der Waals surface area (Å²) in [7, 11) is 0. The van der Waals surface area contributed by atoms with Crippen LogP contribution in [0.1, 0.15) is 66.7 Å². The Morgan fingerprint density at radius 3 is 2.31 bits per heavy atom. The van der Waals surface area contributed by atoms with Crippen LogP contribution in [0.4, 0.5) is 0 Å². The third kappa shape index (κ3) is 5.89. The van der Waals surface area contributed by atoms with E-state index < -0.39 is 0 Å². The fourth-order valence-corrected chi connectivity index (χ4v) is 2.83. The van der Waals surface area contributed by atoms with Crippen LogP contribution in [0.15, 0.2) is 0 Å². The van der Waals surface area contributed by atoms with Gasteiger partial charge in [0.05, 0.1) is 0 Å². The minimum atomic E-state index is 0.484. The highest BCUT2D eigenvalue weighted by atomic mass is 14.9. The first kappa shape index (κ1) is 14.0. The van der Waals surface area contributed by atoms with E-state index >= 15 is 0 Å². The van der Waals surface area contributed by atoms with Crippen molar-refractivity contribution in [3.8, 4) is 0 Å². The highest BCUT2D eigenvalue weighted by molar-refractivity contribution is 4.87. The third-order valence-electron chi connectivity index (χ3n) is 3.46. The van der Waals surface area contributed by atoms with Crippen LogP contribution in [-0.4, -0.2) is 12.6 Å². The molecular formula is C15H31N. The molecule has 1 saturated carbocycles. The van der Waals surface area contributed by atoms with Crippen molar-refractivity contribution in [1.82, 2.24) is 5.32 Å². The van der Waals surface area contributed by atoms with Gasteiger partial charge in [-0.1, -0.05) is 34.6 Å². The van der Waals surface area contributed by atoms with E-state index in [1.54, 1.807) is 0 Å². The summed E-state index contributed by atoms with van der Waals surface area (Å²) in [4.78, 5) is 0. The Bertz CT molecular complexity index is 188. The Labute approximate surface area is 102 Å². The molecule has 0 aromatic rings. The summed E-state index contributed by atoms with van der Waals surface area (Å²) in [5, 5.41) is 3.75. The largest absolute Gasteiger partial charge is 0.314 e. The first-order valence-corrected chi connectivity index (χ1v) is 7.15. The predicted molar refractivity (Wildman–Crippen MR) is 72.7 cm³/mol. The summed E-state index contributed by atoms with van der Waals surface area (Å²) in [6.45, 7) is 13.0. The SMILES string of the molecule is CCCNC(CC(C)CC(C)(C)C)C1CC1. The zero-order chi connectivity index (χ0) is 12.2. The molecule has 0 amide bonds. The number of hydrogen-bond acceptors (Lipinski definition) is 1. The molecule has 0 aromatic carbocycles. The van der Waals surface area contributed by atoms with E-state index in [0.717, 1.165) is 17.9 Å². The molecule has 0 radical (unpaired) electrons. The maximum Gasteiger partial charge on any atom is 0.00978 e. The molecule has 0 spiro atoms.